The van der Waals surface area contributed by atoms with E-state index in [1.54, 1.807) is 31.6 Å². The minimum Gasteiger partial charge on any atom is -0.481 e. The number of hydrogen-bond donors (Lipinski definition) is 0. The van der Waals surface area contributed by atoms with Gasteiger partial charge in [-0.1, -0.05) is 0 Å². The van der Waals surface area contributed by atoms with Crippen LogP contribution in [0, 0.1) is 0 Å². The second-order valence-corrected chi connectivity index (χ2v) is 6.68. The van der Waals surface area contributed by atoms with Crippen LogP contribution < -0.4 is 14.5 Å². The molecule has 0 aliphatic carbocycles. The Hall–Kier alpha value is -2.94. The standard InChI is InChI=1S/C19H24N6O3/c1-27-17-3-2-15(14-21-17)18(26)24-8-6-23(7-9-24)16-4-5-20-19(22-16)25-10-12-28-13-11-25/h2-5,14H,6-13H2,1H3. The Bertz CT molecular complexity index is 802. The highest BCUT2D eigenvalue weighted by molar-refractivity contribution is 5.94. The summed E-state index contributed by atoms with van der Waals surface area (Å²) < 4.78 is 10.4. The molecule has 0 aromatic carbocycles. The average Bonchev–Trinajstić information content (AvgIpc) is 2.79. The first-order valence-corrected chi connectivity index (χ1v) is 9.44. The molecule has 148 valence electrons. The first-order valence-electron chi connectivity index (χ1n) is 9.44. The van der Waals surface area contributed by atoms with Crippen molar-refractivity contribution in [2.45, 2.75) is 0 Å². The van der Waals surface area contributed by atoms with E-state index in [4.69, 9.17) is 14.5 Å². The largest absolute Gasteiger partial charge is 0.481 e. The number of carbonyl (C=O) groups excluding carboxylic acids is 1. The van der Waals surface area contributed by atoms with E-state index in [0.717, 1.165) is 37.9 Å². The van der Waals surface area contributed by atoms with Gasteiger partial charge in [-0.05, 0) is 12.1 Å². The van der Waals surface area contributed by atoms with Gasteiger partial charge in [-0.2, -0.15) is 4.98 Å². The van der Waals surface area contributed by atoms with Gasteiger partial charge in [-0.15, -0.1) is 0 Å². The number of anilines is 2. The molecule has 0 saturated carbocycles. The number of amides is 1. The molecule has 2 aromatic rings. The van der Waals surface area contributed by atoms with Gasteiger partial charge in [0, 0.05) is 57.7 Å². The van der Waals surface area contributed by atoms with Crippen molar-refractivity contribution < 1.29 is 14.3 Å². The van der Waals surface area contributed by atoms with Crippen LogP contribution in [-0.2, 0) is 4.74 Å². The predicted molar refractivity (Wildman–Crippen MR) is 104 cm³/mol. The Morgan fingerprint density at radius 1 is 1.00 bits per heavy atom. The number of pyridine rings is 1. The lowest BCUT2D eigenvalue weighted by atomic mass is 10.2. The Balaban J connectivity index is 1.37. The van der Waals surface area contributed by atoms with Crippen molar-refractivity contribution in [2.75, 3.05) is 69.4 Å². The van der Waals surface area contributed by atoms with Crippen LogP contribution >= 0.6 is 0 Å². The molecule has 2 aliphatic heterocycles. The van der Waals surface area contributed by atoms with Crippen LogP contribution in [0.15, 0.2) is 30.6 Å². The number of morpholine rings is 1. The fraction of sp³-hybridized carbons (Fsp3) is 0.474. The van der Waals surface area contributed by atoms with Crippen LogP contribution in [0.1, 0.15) is 10.4 Å². The number of hydrogen-bond acceptors (Lipinski definition) is 8. The zero-order valence-corrected chi connectivity index (χ0v) is 16.0. The van der Waals surface area contributed by atoms with E-state index in [1.165, 1.54) is 0 Å². The number of methoxy groups -OCH3 is 1. The van der Waals surface area contributed by atoms with Crippen molar-refractivity contribution in [3.63, 3.8) is 0 Å². The Kier molecular flexibility index (Phi) is 5.52. The Morgan fingerprint density at radius 3 is 2.46 bits per heavy atom. The van der Waals surface area contributed by atoms with Crippen LogP contribution in [0.4, 0.5) is 11.8 Å². The predicted octanol–water partition coefficient (Wildman–Crippen LogP) is 0.679. The van der Waals surface area contributed by atoms with E-state index < -0.39 is 0 Å². The lowest BCUT2D eigenvalue weighted by Crippen LogP contribution is -2.49. The van der Waals surface area contributed by atoms with Gasteiger partial charge in [0.1, 0.15) is 5.82 Å². The van der Waals surface area contributed by atoms with Gasteiger partial charge < -0.3 is 24.2 Å². The summed E-state index contributed by atoms with van der Waals surface area (Å²) in [5, 5.41) is 0. The maximum absolute atomic E-state index is 12.7. The summed E-state index contributed by atoms with van der Waals surface area (Å²) in [6.45, 7) is 5.76. The van der Waals surface area contributed by atoms with Crippen molar-refractivity contribution in [2.24, 2.45) is 0 Å². The summed E-state index contributed by atoms with van der Waals surface area (Å²) in [5.74, 6) is 2.13. The van der Waals surface area contributed by atoms with Gasteiger partial charge in [-0.25, -0.2) is 9.97 Å². The molecule has 0 bridgehead atoms. The minimum absolute atomic E-state index is 0.00787. The van der Waals surface area contributed by atoms with E-state index >= 15 is 0 Å². The van der Waals surface area contributed by atoms with Crippen molar-refractivity contribution >= 4 is 17.7 Å². The summed E-state index contributed by atoms with van der Waals surface area (Å²) in [4.78, 5) is 32.1. The average molecular weight is 384 g/mol. The van der Waals surface area contributed by atoms with Crippen molar-refractivity contribution in [3.05, 3.63) is 36.2 Å². The maximum atomic E-state index is 12.7. The molecular formula is C19H24N6O3. The van der Waals surface area contributed by atoms with Crippen LogP contribution in [-0.4, -0.2) is 85.4 Å². The molecule has 1 amide bonds. The van der Waals surface area contributed by atoms with E-state index in [9.17, 15) is 4.79 Å². The molecule has 2 aromatic heterocycles. The molecule has 28 heavy (non-hydrogen) atoms. The van der Waals surface area contributed by atoms with Crippen LogP contribution in [0.25, 0.3) is 0 Å². The highest BCUT2D eigenvalue weighted by atomic mass is 16.5. The maximum Gasteiger partial charge on any atom is 0.255 e. The fourth-order valence-electron chi connectivity index (χ4n) is 3.38. The molecule has 0 spiro atoms. The smallest absolute Gasteiger partial charge is 0.255 e. The first-order chi connectivity index (χ1) is 13.7. The third-order valence-corrected chi connectivity index (χ3v) is 5.01. The number of carbonyl (C=O) groups is 1. The zero-order valence-electron chi connectivity index (χ0n) is 16.0. The van der Waals surface area contributed by atoms with Crippen molar-refractivity contribution in [3.8, 4) is 5.88 Å². The van der Waals surface area contributed by atoms with Gasteiger partial charge in [0.2, 0.25) is 11.8 Å². The van der Waals surface area contributed by atoms with Crippen LogP contribution in [0.3, 0.4) is 0 Å². The zero-order chi connectivity index (χ0) is 19.3. The molecule has 0 atom stereocenters. The van der Waals surface area contributed by atoms with E-state index in [2.05, 4.69) is 19.8 Å². The molecule has 0 N–H and O–H groups in total. The summed E-state index contributed by atoms with van der Waals surface area (Å²) >= 11 is 0. The number of nitrogens with zero attached hydrogens (tertiary/aromatic N) is 6. The fourth-order valence-corrected chi connectivity index (χ4v) is 3.38. The molecule has 9 heteroatoms. The molecule has 4 rings (SSSR count). The number of ether oxygens (including phenoxy) is 2. The summed E-state index contributed by atoms with van der Waals surface area (Å²) in [6, 6.07) is 5.38. The molecular weight excluding hydrogens is 360 g/mol. The number of aromatic nitrogens is 3. The molecule has 0 radical (unpaired) electrons. The van der Waals surface area contributed by atoms with Gasteiger partial charge in [-0.3, -0.25) is 4.79 Å². The topological polar surface area (TPSA) is 83.9 Å². The number of rotatable bonds is 4. The molecule has 2 saturated heterocycles. The van der Waals surface area contributed by atoms with Crippen molar-refractivity contribution in [1.82, 2.24) is 19.9 Å². The molecule has 2 aliphatic rings. The van der Waals surface area contributed by atoms with E-state index in [1.807, 2.05) is 11.0 Å². The summed E-state index contributed by atoms with van der Waals surface area (Å²) in [5.41, 5.74) is 0.575. The summed E-state index contributed by atoms with van der Waals surface area (Å²) in [7, 11) is 1.56. The third kappa shape index (κ3) is 3.99. The summed E-state index contributed by atoms with van der Waals surface area (Å²) in [6.07, 6.45) is 3.36. The lowest BCUT2D eigenvalue weighted by molar-refractivity contribution is 0.0746. The second kappa shape index (κ2) is 8.39. The number of piperazine rings is 1. The molecule has 0 unspecified atom stereocenters. The highest BCUT2D eigenvalue weighted by Gasteiger charge is 2.24. The van der Waals surface area contributed by atoms with E-state index in [-0.39, 0.29) is 5.91 Å². The van der Waals surface area contributed by atoms with Gasteiger partial charge >= 0.3 is 0 Å². The Labute approximate surface area is 163 Å². The van der Waals surface area contributed by atoms with Gasteiger partial charge in [0.25, 0.3) is 5.91 Å². The monoisotopic (exact) mass is 384 g/mol. The molecule has 2 fully saturated rings. The first kappa shape index (κ1) is 18.4. The third-order valence-electron chi connectivity index (χ3n) is 5.01. The van der Waals surface area contributed by atoms with Gasteiger partial charge in [0.05, 0.1) is 25.9 Å². The molecule has 4 heterocycles. The molecule has 9 nitrogen and oxygen atoms in total. The van der Waals surface area contributed by atoms with E-state index in [0.29, 0.717) is 37.7 Å². The van der Waals surface area contributed by atoms with Gasteiger partial charge in [0.15, 0.2) is 0 Å². The van der Waals surface area contributed by atoms with Crippen LogP contribution in [0.2, 0.25) is 0 Å². The normalized spacial score (nSPS) is 17.5. The quantitative estimate of drug-likeness (QED) is 0.761. The second-order valence-electron chi connectivity index (χ2n) is 6.68. The minimum atomic E-state index is -0.00787. The Morgan fingerprint density at radius 2 is 1.79 bits per heavy atom. The lowest BCUT2D eigenvalue weighted by Gasteiger charge is -2.36. The van der Waals surface area contributed by atoms with Crippen molar-refractivity contribution in [1.29, 1.82) is 0 Å². The van der Waals surface area contributed by atoms with Crippen LogP contribution in [0.5, 0.6) is 5.88 Å². The highest BCUT2D eigenvalue weighted by Crippen LogP contribution is 2.18. The SMILES string of the molecule is COc1ccc(C(=O)N2CCN(c3ccnc(N4CCOCC4)n3)CC2)cn1.